The summed E-state index contributed by atoms with van der Waals surface area (Å²) in [5.74, 6) is -0.464. The SMILES string of the molecule is COc1cc2c(Oc3cc(F)c(NC(O)c4cnccc4OC)cc3F)ccnc2cc1OCCCN1CCOCC1. The fourth-order valence-corrected chi connectivity index (χ4v) is 4.63. The number of anilines is 1. The first kappa shape index (κ1) is 29.2. The zero-order valence-electron chi connectivity index (χ0n) is 23.3. The molecule has 0 radical (unpaired) electrons. The van der Waals surface area contributed by atoms with Crippen LogP contribution in [0.3, 0.4) is 0 Å². The molecule has 1 saturated heterocycles. The van der Waals surface area contributed by atoms with Crippen LogP contribution in [0.15, 0.2) is 55.0 Å². The smallest absolute Gasteiger partial charge is 0.167 e. The number of pyridine rings is 2. The number of fused-ring (bicyclic) bond motifs is 1. The molecule has 0 bridgehead atoms. The van der Waals surface area contributed by atoms with E-state index in [1.165, 1.54) is 32.8 Å². The Bertz CT molecular complexity index is 1520. The highest BCUT2D eigenvalue weighted by Gasteiger charge is 2.19. The second-order valence-electron chi connectivity index (χ2n) is 9.51. The number of hydrogen-bond acceptors (Lipinski definition) is 10. The molecule has 1 atom stereocenters. The zero-order valence-corrected chi connectivity index (χ0v) is 23.3. The van der Waals surface area contributed by atoms with Crippen LogP contribution < -0.4 is 24.3 Å². The normalized spacial score (nSPS) is 14.4. The van der Waals surface area contributed by atoms with Gasteiger partial charge in [-0.2, -0.15) is 0 Å². The van der Waals surface area contributed by atoms with Crippen molar-refractivity contribution in [2.75, 3.05) is 59.0 Å². The molecule has 42 heavy (non-hydrogen) atoms. The molecule has 10 nitrogen and oxygen atoms in total. The lowest BCUT2D eigenvalue weighted by molar-refractivity contribution is 0.0357. The van der Waals surface area contributed by atoms with Gasteiger partial charge in [0.1, 0.15) is 17.3 Å². The van der Waals surface area contributed by atoms with Gasteiger partial charge >= 0.3 is 0 Å². The van der Waals surface area contributed by atoms with Crippen LogP contribution in [-0.4, -0.2) is 73.6 Å². The van der Waals surface area contributed by atoms with Gasteiger partial charge in [0.05, 0.1) is 50.8 Å². The molecule has 1 aliphatic heterocycles. The van der Waals surface area contributed by atoms with Gasteiger partial charge in [-0.05, 0) is 24.6 Å². The van der Waals surface area contributed by atoms with Crippen LogP contribution in [0.1, 0.15) is 18.2 Å². The number of aromatic nitrogens is 2. The maximum absolute atomic E-state index is 15.1. The fourth-order valence-electron chi connectivity index (χ4n) is 4.63. The molecule has 0 saturated carbocycles. The highest BCUT2D eigenvalue weighted by molar-refractivity contribution is 5.88. The molecule has 12 heteroatoms. The Balaban J connectivity index is 1.30. The first-order valence-corrected chi connectivity index (χ1v) is 13.5. The molecule has 0 aliphatic carbocycles. The molecule has 2 aromatic heterocycles. The van der Waals surface area contributed by atoms with Crippen molar-refractivity contribution in [2.24, 2.45) is 0 Å². The topological polar surface area (TPSA) is 107 Å². The second kappa shape index (κ2) is 13.6. The molecule has 0 spiro atoms. The molecule has 1 fully saturated rings. The van der Waals surface area contributed by atoms with E-state index in [4.69, 9.17) is 23.7 Å². The summed E-state index contributed by atoms with van der Waals surface area (Å²) in [6.45, 7) is 4.72. The molecule has 2 aromatic carbocycles. The van der Waals surface area contributed by atoms with E-state index in [0.29, 0.717) is 34.8 Å². The molecule has 222 valence electrons. The summed E-state index contributed by atoms with van der Waals surface area (Å²) in [7, 11) is 2.95. The highest BCUT2D eigenvalue weighted by Crippen LogP contribution is 2.38. The quantitative estimate of drug-likeness (QED) is 0.177. The van der Waals surface area contributed by atoms with Gasteiger partial charge in [-0.25, -0.2) is 8.78 Å². The van der Waals surface area contributed by atoms with Crippen LogP contribution in [0.2, 0.25) is 0 Å². The average molecular weight is 583 g/mol. The van der Waals surface area contributed by atoms with E-state index in [1.807, 2.05) is 0 Å². The van der Waals surface area contributed by atoms with Gasteiger partial charge in [0.2, 0.25) is 0 Å². The molecule has 1 aliphatic rings. The van der Waals surface area contributed by atoms with Gasteiger partial charge in [-0.15, -0.1) is 0 Å². The van der Waals surface area contributed by atoms with E-state index in [-0.39, 0.29) is 22.7 Å². The molecule has 4 aromatic rings. The van der Waals surface area contributed by atoms with Gasteiger partial charge in [0.15, 0.2) is 29.3 Å². The van der Waals surface area contributed by atoms with Gasteiger partial charge in [0, 0.05) is 61.8 Å². The Morgan fingerprint density at radius 2 is 1.74 bits per heavy atom. The maximum Gasteiger partial charge on any atom is 0.167 e. The summed E-state index contributed by atoms with van der Waals surface area (Å²) in [4.78, 5) is 10.7. The number of hydrogen-bond donors (Lipinski definition) is 2. The van der Waals surface area contributed by atoms with Gasteiger partial charge in [-0.3, -0.25) is 14.9 Å². The predicted molar refractivity (Wildman–Crippen MR) is 151 cm³/mol. The molecule has 3 heterocycles. The van der Waals surface area contributed by atoms with Crippen molar-refractivity contribution in [3.05, 3.63) is 72.2 Å². The van der Waals surface area contributed by atoms with Crippen LogP contribution in [0.4, 0.5) is 14.5 Å². The van der Waals surface area contributed by atoms with E-state index < -0.39 is 17.9 Å². The monoisotopic (exact) mass is 582 g/mol. The third kappa shape index (κ3) is 6.78. The predicted octanol–water partition coefficient (Wildman–Crippen LogP) is 4.92. The van der Waals surface area contributed by atoms with Crippen molar-refractivity contribution in [2.45, 2.75) is 12.6 Å². The van der Waals surface area contributed by atoms with E-state index >= 15 is 8.78 Å². The molecular formula is C30H32F2N4O6. The van der Waals surface area contributed by atoms with Crippen molar-refractivity contribution < 1.29 is 37.6 Å². The third-order valence-electron chi connectivity index (χ3n) is 6.83. The van der Waals surface area contributed by atoms with Crippen molar-refractivity contribution in [3.8, 4) is 28.7 Å². The molecule has 5 rings (SSSR count). The van der Waals surface area contributed by atoms with Crippen LogP contribution in [0.5, 0.6) is 28.7 Å². The second-order valence-corrected chi connectivity index (χ2v) is 9.51. The van der Waals surface area contributed by atoms with Gasteiger partial charge in [0.25, 0.3) is 0 Å². The van der Waals surface area contributed by atoms with Gasteiger partial charge in [-0.1, -0.05) is 0 Å². The number of benzene rings is 2. The summed E-state index contributed by atoms with van der Waals surface area (Å²) < 4.78 is 58.0. The first-order valence-electron chi connectivity index (χ1n) is 13.5. The minimum absolute atomic E-state index is 0.247. The van der Waals surface area contributed by atoms with Crippen LogP contribution in [0, 0.1) is 11.6 Å². The summed E-state index contributed by atoms with van der Waals surface area (Å²) in [5, 5.41) is 13.6. The lowest BCUT2D eigenvalue weighted by Crippen LogP contribution is -2.37. The summed E-state index contributed by atoms with van der Waals surface area (Å²) in [5.41, 5.74) is 0.525. The first-order chi connectivity index (χ1) is 20.5. The number of methoxy groups -OCH3 is 2. The number of nitrogens with one attached hydrogen (secondary N) is 1. The minimum atomic E-state index is -1.40. The Morgan fingerprint density at radius 1 is 0.952 bits per heavy atom. The number of ether oxygens (including phenoxy) is 5. The molecule has 2 N–H and O–H groups in total. The lowest BCUT2D eigenvalue weighted by Gasteiger charge is -2.26. The standard InChI is InChI=1S/C30H32F2N4O6/c1-38-25-4-6-33-18-20(25)30(37)35-24-15-22(32)27(16-21(24)31)42-26-5-7-34-23-17-29(28(39-2)14-19(23)26)41-11-3-8-36-9-12-40-13-10-36/h4-7,14-18,30,35,37H,3,8-13H2,1-2H3. The fraction of sp³-hybridized carbons (Fsp3) is 0.333. The Kier molecular flexibility index (Phi) is 9.47. The number of aliphatic hydroxyl groups excluding tert-OH is 1. The van der Waals surface area contributed by atoms with Crippen molar-refractivity contribution in [1.29, 1.82) is 0 Å². The van der Waals surface area contributed by atoms with E-state index in [9.17, 15) is 5.11 Å². The number of aliphatic hydroxyl groups is 1. The largest absolute Gasteiger partial charge is 0.496 e. The summed E-state index contributed by atoms with van der Waals surface area (Å²) >= 11 is 0. The Labute approximate surface area is 241 Å². The van der Waals surface area contributed by atoms with Crippen LogP contribution in [0.25, 0.3) is 10.9 Å². The summed E-state index contributed by atoms with van der Waals surface area (Å²) in [6, 6.07) is 8.32. The average Bonchev–Trinajstić information content (AvgIpc) is 3.01. The third-order valence-corrected chi connectivity index (χ3v) is 6.83. The van der Waals surface area contributed by atoms with E-state index in [1.54, 1.807) is 24.3 Å². The van der Waals surface area contributed by atoms with Gasteiger partial charge < -0.3 is 34.1 Å². The Hall–Kier alpha value is -4.26. The maximum atomic E-state index is 15.1. The lowest BCUT2D eigenvalue weighted by atomic mass is 10.1. The van der Waals surface area contributed by atoms with Crippen molar-refractivity contribution in [1.82, 2.24) is 14.9 Å². The molecular weight excluding hydrogens is 550 g/mol. The van der Waals surface area contributed by atoms with E-state index in [2.05, 4.69) is 20.2 Å². The van der Waals surface area contributed by atoms with Crippen molar-refractivity contribution in [3.63, 3.8) is 0 Å². The van der Waals surface area contributed by atoms with Crippen LogP contribution >= 0.6 is 0 Å². The molecule has 0 amide bonds. The van der Waals surface area contributed by atoms with Crippen molar-refractivity contribution >= 4 is 16.6 Å². The highest BCUT2D eigenvalue weighted by atomic mass is 19.1. The number of nitrogens with zero attached hydrogens (tertiary/aromatic N) is 3. The number of rotatable bonds is 12. The van der Waals surface area contributed by atoms with Crippen LogP contribution in [-0.2, 0) is 4.74 Å². The number of halogens is 2. The van der Waals surface area contributed by atoms with E-state index in [0.717, 1.165) is 51.4 Å². The summed E-state index contributed by atoms with van der Waals surface area (Å²) in [6.07, 6.45) is 3.80. The Morgan fingerprint density at radius 3 is 2.52 bits per heavy atom. The number of morpholine rings is 1. The minimum Gasteiger partial charge on any atom is -0.496 e. The molecule has 1 unspecified atom stereocenters. The zero-order chi connectivity index (χ0) is 29.5.